The van der Waals surface area contributed by atoms with Crippen molar-refractivity contribution in [3.8, 4) is 0 Å². The van der Waals surface area contributed by atoms with E-state index in [-0.39, 0.29) is 41.3 Å². The molecule has 10 heteroatoms. The fourth-order valence-corrected chi connectivity index (χ4v) is 3.45. The third-order valence-corrected chi connectivity index (χ3v) is 5.09. The van der Waals surface area contributed by atoms with E-state index < -0.39 is 23.8 Å². The zero-order valence-corrected chi connectivity index (χ0v) is 15.9. The summed E-state index contributed by atoms with van der Waals surface area (Å²) in [4.78, 5) is 48.4. The van der Waals surface area contributed by atoms with Crippen LogP contribution < -0.4 is 5.32 Å². The highest BCUT2D eigenvalue weighted by molar-refractivity contribution is 8.14. The minimum Gasteiger partial charge on any atom is -0.447 e. The Hall–Kier alpha value is -2.88. The van der Waals surface area contributed by atoms with Crippen LogP contribution >= 0.6 is 11.8 Å². The van der Waals surface area contributed by atoms with Crippen molar-refractivity contribution in [1.29, 1.82) is 0 Å². The number of aryl methyl sites for hydroxylation is 1. The second-order valence-electron chi connectivity index (χ2n) is 6.11. The first kappa shape index (κ1) is 19.9. The number of amides is 3. The third-order valence-electron chi connectivity index (χ3n) is 4.23. The Morgan fingerprint density at radius 2 is 2.14 bits per heavy atom. The van der Waals surface area contributed by atoms with Gasteiger partial charge in [0.05, 0.1) is 5.75 Å². The number of thioether (sulfide) groups is 1. The fraction of sp³-hybridized carbons (Fsp3) is 0.333. The van der Waals surface area contributed by atoms with E-state index in [9.17, 15) is 23.6 Å². The number of para-hydroxylation sites is 1. The highest BCUT2D eigenvalue weighted by atomic mass is 32.2. The first-order valence-corrected chi connectivity index (χ1v) is 9.41. The molecule has 1 atom stereocenters. The van der Waals surface area contributed by atoms with Crippen molar-refractivity contribution in [3.05, 3.63) is 35.3 Å². The highest BCUT2D eigenvalue weighted by Crippen LogP contribution is 2.28. The van der Waals surface area contributed by atoms with Gasteiger partial charge in [-0.2, -0.15) is 0 Å². The number of hydrogen-bond donors (Lipinski definition) is 1. The van der Waals surface area contributed by atoms with Gasteiger partial charge in [-0.15, -0.1) is 0 Å². The molecule has 2 aromatic rings. The molecule has 1 aliphatic rings. The Morgan fingerprint density at radius 3 is 2.79 bits per heavy atom. The molecule has 3 rings (SSSR count). The number of esters is 1. The van der Waals surface area contributed by atoms with Gasteiger partial charge in [0.2, 0.25) is 11.7 Å². The van der Waals surface area contributed by atoms with Crippen LogP contribution in [0.15, 0.2) is 22.6 Å². The molecule has 0 unspecified atom stereocenters. The minimum absolute atomic E-state index is 0.0354. The van der Waals surface area contributed by atoms with Crippen LogP contribution in [0.25, 0.3) is 11.0 Å². The number of nitrogens with one attached hydrogen (secondary N) is 1. The Balaban J connectivity index is 1.57. The number of carbonyl (C=O) groups excluding carboxylic acids is 4. The van der Waals surface area contributed by atoms with E-state index >= 15 is 0 Å². The van der Waals surface area contributed by atoms with Crippen molar-refractivity contribution in [2.75, 3.05) is 18.8 Å². The molecule has 0 saturated carbocycles. The minimum atomic E-state index is -1.15. The van der Waals surface area contributed by atoms with Crippen molar-refractivity contribution in [2.24, 2.45) is 0 Å². The van der Waals surface area contributed by atoms with Gasteiger partial charge in [-0.3, -0.25) is 19.3 Å². The van der Waals surface area contributed by atoms with Crippen LogP contribution in [0, 0.1) is 12.7 Å². The van der Waals surface area contributed by atoms with Crippen LogP contribution in [0.5, 0.6) is 0 Å². The van der Waals surface area contributed by atoms with Gasteiger partial charge in [-0.25, -0.2) is 9.18 Å². The third kappa shape index (κ3) is 3.86. The van der Waals surface area contributed by atoms with Crippen molar-refractivity contribution < 1.29 is 32.7 Å². The summed E-state index contributed by atoms with van der Waals surface area (Å²) in [6, 6.07) is 4.33. The molecular formula is C18H17FN2O6S. The fourth-order valence-electron chi connectivity index (χ4n) is 2.70. The lowest BCUT2D eigenvalue weighted by atomic mass is 10.1. The second-order valence-corrected chi connectivity index (χ2v) is 7.04. The maximum atomic E-state index is 13.8. The normalized spacial score (nSPS) is 15.2. The Morgan fingerprint density at radius 1 is 1.39 bits per heavy atom. The van der Waals surface area contributed by atoms with Crippen LogP contribution in [0.1, 0.15) is 23.0 Å². The summed E-state index contributed by atoms with van der Waals surface area (Å²) in [7, 11) is 0. The topological polar surface area (TPSA) is 106 Å². The van der Waals surface area contributed by atoms with Crippen molar-refractivity contribution in [1.82, 2.24) is 10.2 Å². The average molecular weight is 408 g/mol. The SMILES string of the molecule is Cc1c(C(=O)O[C@@H](C)C(=O)NCCN2C(=O)CSC2=O)oc2c(F)cccc12. The van der Waals surface area contributed by atoms with Gasteiger partial charge in [0.1, 0.15) is 0 Å². The number of carbonyl (C=O) groups is 4. The highest BCUT2D eigenvalue weighted by Gasteiger charge is 2.30. The maximum Gasteiger partial charge on any atom is 0.375 e. The lowest BCUT2D eigenvalue weighted by Crippen LogP contribution is -2.41. The number of halogens is 1. The summed E-state index contributed by atoms with van der Waals surface area (Å²) in [5.74, 6) is -2.48. The molecule has 1 aliphatic heterocycles. The molecule has 2 heterocycles. The van der Waals surface area contributed by atoms with Gasteiger partial charge in [0.15, 0.2) is 17.5 Å². The van der Waals surface area contributed by atoms with Gasteiger partial charge >= 0.3 is 5.97 Å². The van der Waals surface area contributed by atoms with Gasteiger partial charge in [0, 0.05) is 24.0 Å². The molecular weight excluding hydrogens is 391 g/mol. The van der Waals surface area contributed by atoms with E-state index in [1.54, 1.807) is 13.0 Å². The first-order chi connectivity index (χ1) is 13.3. The zero-order valence-electron chi connectivity index (χ0n) is 15.1. The molecule has 1 saturated heterocycles. The Kier molecular flexibility index (Phi) is 5.68. The Bertz CT molecular complexity index is 956. The van der Waals surface area contributed by atoms with Crippen molar-refractivity contribution >= 4 is 45.8 Å². The number of furan rings is 1. The summed E-state index contributed by atoms with van der Waals surface area (Å²) >= 11 is 0.907. The van der Waals surface area contributed by atoms with Gasteiger partial charge in [0.25, 0.3) is 11.1 Å². The molecule has 1 aromatic carbocycles. The van der Waals surface area contributed by atoms with Gasteiger partial charge < -0.3 is 14.5 Å². The number of benzene rings is 1. The number of rotatable bonds is 6. The van der Waals surface area contributed by atoms with Crippen LogP contribution in [-0.4, -0.2) is 52.9 Å². The molecule has 148 valence electrons. The molecule has 1 aromatic heterocycles. The predicted octanol–water partition coefficient (Wildman–Crippen LogP) is 2.24. The van der Waals surface area contributed by atoms with Gasteiger partial charge in [-0.1, -0.05) is 23.9 Å². The molecule has 0 spiro atoms. The van der Waals surface area contributed by atoms with Crippen molar-refractivity contribution in [2.45, 2.75) is 20.0 Å². The molecule has 3 amide bonds. The molecule has 0 radical (unpaired) electrons. The predicted molar refractivity (Wildman–Crippen MR) is 98.4 cm³/mol. The number of nitrogens with zero attached hydrogens (tertiary/aromatic N) is 1. The van der Waals surface area contributed by atoms with E-state index in [0.717, 1.165) is 16.7 Å². The quantitative estimate of drug-likeness (QED) is 0.731. The van der Waals surface area contributed by atoms with Gasteiger partial charge in [-0.05, 0) is 19.9 Å². The zero-order chi connectivity index (χ0) is 20.4. The molecule has 0 aliphatic carbocycles. The smallest absolute Gasteiger partial charge is 0.375 e. The molecule has 1 fully saturated rings. The first-order valence-electron chi connectivity index (χ1n) is 8.43. The monoisotopic (exact) mass is 408 g/mol. The molecule has 28 heavy (non-hydrogen) atoms. The summed E-state index contributed by atoms with van der Waals surface area (Å²) < 4.78 is 24.2. The van der Waals surface area contributed by atoms with Crippen LogP contribution in [0.3, 0.4) is 0 Å². The number of fused-ring (bicyclic) bond motifs is 1. The van der Waals surface area contributed by atoms with E-state index in [1.165, 1.54) is 19.1 Å². The van der Waals surface area contributed by atoms with E-state index in [0.29, 0.717) is 10.9 Å². The summed E-state index contributed by atoms with van der Waals surface area (Å²) in [6.45, 7) is 3.04. The van der Waals surface area contributed by atoms with Crippen molar-refractivity contribution in [3.63, 3.8) is 0 Å². The van der Waals surface area contributed by atoms with Crippen LogP contribution in [0.2, 0.25) is 0 Å². The lowest BCUT2D eigenvalue weighted by molar-refractivity contribution is -0.130. The van der Waals surface area contributed by atoms with E-state index in [2.05, 4.69) is 5.32 Å². The molecule has 1 N–H and O–H groups in total. The largest absolute Gasteiger partial charge is 0.447 e. The second kappa shape index (κ2) is 8.01. The molecule has 8 nitrogen and oxygen atoms in total. The summed E-state index contributed by atoms with van der Waals surface area (Å²) in [6.07, 6.45) is -1.15. The Labute approximate surface area is 163 Å². The van der Waals surface area contributed by atoms with E-state index in [1.807, 2.05) is 0 Å². The molecule has 0 bridgehead atoms. The number of hydrogen-bond acceptors (Lipinski definition) is 7. The summed E-state index contributed by atoms with van der Waals surface area (Å²) in [5, 5.41) is 2.59. The summed E-state index contributed by atoms with van der Waals surface area (Å²) in [5.41, 5.74) is 0.359. The standard InChI is InChI=1S/C18H17FN2O6S/c1-9-11-4-3-5-12(19)15(11)27-14(9)17(24)26-10(2)16(23)20-6-7-21-13(22)8-28-18(21)25/h3-5,10H,6-8H2,1-2H3,(H,20,23)/t10-/m0/s1. The van der Waals surface area contributed by atoms with Crippen LogP contribution in [-0.2, 0) is 14.3 Å². The lowest BCUT2D eigenvalue weighted by Gasteiger charge is -2.15. The number of imide groups is 1. The van der Waals surface area contributed by atoms with E-state index in [4.69, 9.17) is 9.15 Å². The average Bonchev–Trinajstić information content (AvgIpc) is 3.16. The number of ether oxygens (including phenoxy) is 1. The maximum absolute atomic E-state index is 13.8. The van der Waals surface area contributed by atoms with Crippen LogP contribution in [0.4, 0.5) is 9.18 Å².